The molecule has 0 heterocycles. The number of hydrogen-bond acceptors (Lipinski definition) is 6. The molecule has 9 heteroatoms. The van der Waals surface area contributed by atoms with Crippen LogP contribution in [-0.2, 0) is 10.0 Å². The fourth-order valence-electron chi connectivity index (χ4n) is 2.19. The van der Waals surface area contributed by atoms with Crippen LogP contribution in [0.5, 0.6) is 17.2 Å². The molecule has 27 heavy (non-hydrogen) atoms. The molecule has 1 amide bonds. The quantitative estimate of drug-likeness (QED) is 0.665. The molecule has 0 aliphatic rings. The first-order valence-electron chi connectivity index (χ1n) is 8.07. The maximum Gasteiger partial charge on any atom is 0.266 e. The first-order valence-corrected chi connectivity index (χ1v) is 9.56. The van der Waals surface area contributed by atoms with Gasteiger partial charge in [0.25, 0.3) is 15.9 Å². The molecule has 8 nitrogen and oxygen atoms in total. The summed E-state index contributed by atoms with van der Waals surface area (Å²) >= 11 is 0. The number of hydrazine groups is 1. The number of amides is 1. The Morgan fingerprint density at radius 1 is 0.963 bits per heavy atom. The van der Waals surface area contributed by atoms with Crippen LogP contribution in [0.2, 0.25) is 0 Å². The van der Waals surface area contributed by atoms with Gasteiger partial charge in [0.15, 0.2) is 11.5 Å². The minimum Gasteiger partial charge on any atom is -0.493 e. The Bertz CT molecular complexity index is 895. The summed E-state index contributed by atoms with van der Waals surface area (Å²) < 4.78 is 40.4. The van der Waals surface area contributed by atoms with E-state index in [1.54, 1.807) is 12.1 Å². The van der Waals surface area contributed by atoms with E-state index in [4.69, 9.17) is 14.2 Å². The zero-order valence-corrected chi connectivity index (χ0v) is 16.3. The Kier molecular flexibility index (Phi) is 6.65. The number of rotatable bonds is 8. The monoisotopic (exact) mass is 394 g/mol. The number of hydrogen-bond donors (Lipinski definition) is 2. The third kappa shape index (κ3) is 5.35. The predicted octanol–water partition coefficient (Wildman–Crippen LogP) is 2.11. The second-order valence-electron chi connectivity index (χ2n) is 5.77. The largest absolute Gasteiger partial charge is 0.493 e. The van der Waals surface area contributed by atoms with Crippen molar-refractivity contribution >= 4 is 15.9 Å². The molecule has 0 spiro atoms. The Balaban J connectivity index is 2.07. The van der Waals surface area contributed by atoms with Gasteiger partial charge in [0.1, 0.15) is 5.75 Å². The fraction of sp³-hybridized carbons (Fsp3) is 0.278. The van der Waals surface area contributed by atoms with Gasteiger partial charge in [-0.1, -0.05) is 0 Å². The average molecular weight is 394 g/mol. The maximum absolute atomic E-state index is 12.4. The van der Waals surface area contributed by atoms with Crippen LogP contribution in [0.15, 0.2) is 47.4 Å². The highest BCUT2D eigenvalue weighted by Gasteiger charge is 2.18. The van der Waals surface area contributed by atoms with Gasteiger partial charge >= 0.3 is 0 Å². The van der Waals surface area contributed by atoms with Gasteiger partial charge in [0.05, 0.1) is 25.2 Å². The van der Waals surface area contributed by atoms with Crippen molar-refractivity contribution in [2.75, 3.05) is 14.2 Å². The van der Waals surface area contributed by atoms with Gasteiger partial charge in [-0.15, -0.1) is 4.83 Å². The van der Waals surface area contributed by atoms with Crippen molar-refractivity contribution in [1.82, 2.24) is 10.3 Å². The van der Waals surface area contributed by atoms with E-state index in [0.29, 0.717) is 11.5 Å². The SMILES string of the molecule is COc1ccc(S(=O)(=O)NNC(=O)c2ccc(OC(C)C)cc2)cc1OC. The Labute approximate surface area is 158 Å². The van der Waals surface area contributed by atoms with Crippen molar-refractivity contribution in [2.45, 2.75) is 24.8 Å². The minimum absolute atomic E-state index is 0.0120. The van der Waals surface area contributed by atoms with Crippen molar-refractivity contribution < 1.29 is 27.4 Å². The first kappa shape index (κ1) is 20.5. The molecule has 2 rings (SSSR count). The fourth-order valence-corrected chi connectivity index (χ4v) is 3.04. The zero-order valence-electron chi connectivity index (χ0n) is 15.5. The van der Waals surface area contributed by atoms with Crippen molar-refractivity contribution in [3.63, 3.8) is 0 Å². The lowest BCUT2D eigenvalue weighted by Gasteiger charge is -2.12. The molecule has 2 aromatic carbocycles. The minimum atomic E-state index is -3.99. The molecule has 0 aromatic heterocycles. The third-order valence-corrected chi connectivity index (χ3v) is 4.70. The van der Waals surface area contributed by atoms with Crippen LogP contribution in [0.3, 0.4) is 0 Å². The van der Waals surface area contributed by atoms with Crippen molar-refractivity contribution in [3.05, 3.63) is 48.0 Å². The normalized spacial score (nSPS) is 11.1. The van der Waals surface area contributed by atoms with Gasteiger partial charge in [-0.05, 0) is 50.2 Å². The van der Waals surface area contributed by atoms with Crippen molar-refractivity contribution in [3.8, 4) is 17.2 Å². The number of carbonyl (C=O) groups is 1. The molecule has 0 bridgehead atoms. The van der Waals surface area contributed by atoms with E-state index in [-0.39, 0.29) is 22.3 Å². The zero-order chi connectivity index (χ0) is 20.0. The predicted molar refractivity (Wildman–Crippen MR) is 99.5 cm³/mol. The molecular weight excluding hydrogens is 372 g/mol. The second kappa shape index (κ2) is 8.74. The first-order chi connectivity index (χ1) is 12.8. The molecule has 0 fully saturated rings. The molecule has 0 aliphatic heterocycles. The van der Waals surface area contributed by atoms with Gasteiger partial charge in [0.2, 0.25) is 0 Å². The van der Waals surface area contributed by atoms with E-state index in [0.717, 1.165) is 0 Å². The molecular formula is C18H22N2O6S. The summed E-state index contributed by atoms with van der Waals surface area (Å²) in [5, 5.41) is 0. The summed E-state index contributed by atoms with van der Waals surface area (Å²) in [7, 11) is -1.14. The highest BCUT2D eigenvalue weighted by Crippen LogP contribution is 2.29. The summed E-state index contributed by atoms with van der Waals surface area (Å²) in [6.45, 7) is 3.78. The highest BCUT2D eigenvalue weighted by molar-refractivity contribution is 7.89. The van der Waals surface area contributed by atoms with Gasteiger partial charge in [-0.3, -0.25) is 10.2 Å². The van der Waals surface area contributed by atoms with E-state index < -0.39 is 15.9 Å². The summed E-state index contributed by atoms with van der Waals surface area (Å²) in [6.07, 6.45) is 0.0120. The lowest BCUT2D eigenvalue weighted by atomic mass is 10.2. The summed E-state index contributed by atoms with van der Waals surface area (Å²) in [6, 6.07) is 10.5. The summed E-state index contributed by atoms with van der Waals surface area (Å²) in [5.41, 5.74) is 2.45. The second-order valence-corrected chi connectivity index (χ2v) is 7.45. The van der Waals surface area contributed by atoms with Crippen LogP contribution in [0.25, 0.3) is 0 Å². The molecule has 0 radical (unpaired) electrons. The number of sulfonamides is 1. The maximum atomic E-state index is 12.4. The number of benzene rings is 2. The number of ether oxygens (including phenoxy) is 3. The van der Waals surface area contributed by atoms with Gasteiger partial charge in [0, 0.05) is 11.6 Å². The van der Waals surface area contributed by atoms with Gasteiger partial charge in [-0.2, -0.15) is 0 Å². The van der Waals surface area contributed by atoms with E-state index in [1.165, 1.54) is 44.6 Å². The molecule has 2 aromatic rings. The average Bonchev–Trinajstić information content (AvgIpc) is 2.65. The molecule has 2 N–H and O–H groups in total. The topological polar surface area (TPSA) is 103 Å². The Morgan fingerprint density at radius 3 is 2.15 bits per heavy atom. The highest BCUT2D eigenvalue weighted by atomic mass is 32.2. The Morgan fingerprint density at radius 2 is 1.59 bits per heavy atom. The van der Waals surface area contributed by atoms with Gasteiger partial charge in [-0.25, -0.2) is 8.42 Å². The number of carbonyl (C=O) groups excluding carboxylic acids is 1. The van der Waals surface area contributed by atoms with Crippen molar-refractivity contribution in [1.29, 1.82) is 0 Å². The van der Waals surface area contributed by atoms with Crippen LogP contribution in [-0.4, -0.2) is 34.6 Å². The smallest absolute Gasteiger partial charge is 0.266 e. The van der Waals surface area contributed by atoms with Crippen LogP contribution in [0.4, 0.5) is 0 Å². The molecule has 146 valence electrons. The van der Waals surface area contributed by atoms with E-state index in [2.05, 4.69) is 10.3 Å². The molecule has 0 aliphatic carbocycles. The number of nitrogens with one attached hydrogen (secondary N) is 2. The summed E-state index contributed by atoms with van der Waals surface area (Å²) in [4.78, 5) is 14.1. The Hall–Kier alpha value is -2.78. The van der Waals surface area contributed by atoms with E-state index in [9.17, 15) is 13.2 Å². The molecule has 0 saturated heterocycles. The van der Waals surface area contributed by atoms with Crippen LogP contribution in [0, 0.1) is 0 Å². The molecule has 0 atom stereocenters. The lowest BCUT2D eigenvalue weighted by molar-refractivity contribution is 0.0945. The van der Waals surface area contributed by atoms with Crippen LogP contribution < -0.4 is 24.5 Å². The third-order valence-electron chi connectivity index (χ3n) is 3.45. The summed E-state index contributed by atoms with van der Waals surface area (Å²) in [5.74, 6) is 0.666. The van der Waals surface area contributed by atoms with E-state index in [1.807, 2.05) is 13.8 Å². The van der Waals surface area contributed by atoms with Crippen LogP contribution >= 0.6 is 0 Å². The standard InChI is InChI=1S/C18H22N2O6S/c1-12(2)26-14-7-5-13(6-8-14)18(21)19-20-27(22,23)15-9-10-16(24-3)17(11-15)25-4/h5-12,20H,1-4H3,(H,19,21). The lowest BCUT2D eigenvalue weighted by Crippen LogP contribution is -2.41. The molecule has 0 saturated carbocycles. The van der Waals surface area contributed by atoms with Gasteiger partial charge < -0.3 is 14.2 Å². The van der Waals surface area contributed by atoms with E-state index >= 15 is 0 Å². The number of methoxy groups -OCH3 is 2. The van der Waals surface area contributed by atoms with Crippen molar-refractivity contribution in [2.24, 2.45) is 0 Å². The molecule has 0 unspecified atom stereocenters. The van der Waals surface area contributed by atoms with Crippen LogP contribution in [0.1, 0.15) is 24.2 Å².